The highest BCUT2D eigenvalue weighted by molar-refractivity contribution is 5.75. The first-order chi connectivity index (χ1) is 10.2. The minimum absolute atomic E-state index is 0.0649. The topological polar surface area (TPSA) is 38.0 Å². The Morgan fingerprint density at radius 1 is 1.10 bits per heavy atom. The maximum atomic E-state index is 10.6. The molecule has 2 atom stereocenters. The van der Waals surface area contributed by atoms with E-state index < -0.39 is 6.10 Å². The number of aromatic nitrogens is 2. The first-order valence-electron chi connectivity index (χ1n) is 7.39. The number of aryl methyl sites for hydroxylation is 1. The van der Waals surface area contributed by atoms with Crippen LogP contribution in [0.25, 0.3) is 11.0 Å². The molecule has 21 heavy (non-hydrogen) atoms. The molecular weight excluding hydrogens is 260 g/mol. The van der Waals surface area contributed by atoms with Crippen LogP contribution in [-0.4, -0.2) is 14.7 Å². The number of nitrogens with zero attached hydrogens (tertiary/aromatic N) is 2. The molecule has 3 nitrogen and oxygen atoms in total. The average molecular weight is 280 g/mol. The molecule has 3 heteroatoms. The predicted molar refractivity (Wildman–Crippen MR) is 85.2 cm³/mol. The van der Waals surface area contributed by atoms with E-state index in [2.05, 4.69) is 24.0 Å². The number of para-hydroxylation sites is 2. The second kappa shape index (κ2) is 5.70. The Morgan fingerprint density at radius 2 is 1.81 bits per heavy atom. The SMILES string of the molecule is CCc1ccc(C(O)C(C)n2cnc3ccccc32)cc1. The van der Waals surface area contributed by atoms with Gasteiger partial charge in [-0.05, 0) is 36.6 Å². The van der Waals surface area contributed by atoms with Gasteiger partial charge in [-0.2, -0.15) is 0 Å². The smallest absolute Gasteiger partial charge is 0.0994 e. The van der Waals surface area contributed by atoms with Crippen molar-refractivity contribution < 1.29 is 5.11 Å². The fraction of sp³-hybridized carbons (Fsp3) is 0.278. The van der Waals surface area contributed by atoms with Crippen LogP contribution in [0.1, 0.15) is 37.1 Å². The molecule has 0 spiro atoms. The molecule has 0 amide bonds. The van der Waals surface area contributed by atoms with Crippen molar-refractivity contribution in [3.63, 3.8) is 0 Å². The third kappa shape index (κ3) is 2.57. The summed E-state index contributed by atoms with van der Waals surface area (Å²) in [6.07, 6.45) is 2.27. The van der Waals surface area contributed by atoms with Crippen molar-refractivity contribution in [3.8, 4) is 0 Å². The summed E-state index contributed by atoms with van der Waals surface area (Å²) in [5.74, 6) is 0. The average Bonchev–Trinajstić information content (AvgIpc) is 2.97. The van der Waals surface area contributed by atoms with Gasteiger partial charge >= 0.3 is 0 Å². The lowest BCUT2D eigenvalue weighted by atomic mass is 10.0. The third-order valence-electron chi connectivity index (χ3n) is 4.11. The molecular formula is C18H20N2O. The van der Waals surface area contributed by atoms with E-state index in [9.17, 15) is 5.11 Å². The zero-order valence-corrected chi connectivity index (χ0v) is 12.4. The lowest BCUT2D eigenvalue weighted by molar-refractivity contribution is 0.124. The number of benzene rings is 2. The molecule has 3 aromatic rings. The second-order valence-electron chi connectivity index (χ2n) is 5.42. The van der Waals surface area contributed by atoms with Gasteiger partial charge in [0.05, 0.1) is 29.5 Å². The highest BCUT2D eigenvalue weighted by atomic mass is 16.3. The molecule has 2 unspecified atom stereocenters. The van der Waals surface area contributed by atoms with Gasteiger partial charge in [0, 0.05) is 0 Å². The molecule has 0 aliphatic rings. The van der Waals surface area contributed by atoms with E-state index in [0.717, 1.165) is 23.0 Å². The minimum atomic E-state index is -0.548. The molecule has 1 heterocycles. The molecule has 2 aromatic carbocycles. The van der Waals surface area contributed by atoms with E-state index in [-0.39, 0.29) is 6.04 Å². The van der Waals surface area contributed by atoms with Gasteiger partial charge in [0.2, 0.25) is 0 Å². The molecule has 0 saturated carbocycles. The fourth-order valence-corrected chi connectivity index (χ4v) is 2.68. The van der Waals surface area contributed by atoms with Crippen LogP contribution in [0.4, 0.5) is 0 Å². The Labute approximate surface area is 124 Å². The Morgan fingerprint density at radius 3 is 2.52 bits per heavy atom. The summed E-state index contributed by atoms with van der Waals surface area (Å²) < 4.78 is 2.04. The molecule has 3 rings (SSSR count). The molecule has 1 aromatic heterocycles. The van der Waals surface area contributed by atoms with Crippen LogP contribution in [0.5, 0.6) is 0 Å². The Kier molecular flexibility index (Phi) is 3.76. The number of imidazole rings is 1. The summed E-state index contributed by atoms with van der Waals surface area (Å²) in [5, 5.41) is 10.6. The standard InChI is InChI=1S/C18H20N2O/c1-3-14-8-10-15(11-9-14)18(21)13(2)20-12-19-16-6-4-5-7-17(16)20/h4-13,18,21H,3H2,1-2H3. The van der Waals surface area contributed by atoms with Crippen molar-refractivity contribution in [1.82, 2.24) is 9.55 Å². The van der Waals surface area contributed by atoms with Crippen molar-refractivity contribution in [2.45, 2.75) is 32.4 Å². The van der Waals surface area contributed by atoms with Crippen LogP contribution in [0.2, 0.25) is 0 Å². The monoisotopic (exact) mass is 280 g/mol. The van der Waals surface area contributed by atoms with E-state index in [1.165, 1.54) is 5.56 Å². The van der Waals surface area contributed by atoms with Gasteiger partial charge in [-0.1, -0.05) is 43.3 Å². The van der Waals surface area contributed by atoms with Gasteiger partial charge in [0.15, 0.2) is 0 Å². The minimum Gasteiger partial charge on any atom is -0.386 e. The second-order valence-corrected chi connectivity index (χ2v) is 5.42. The van der Waals surface area contributed by atoms with E-state index in [0.29, 0.717) is 0 Å². The number of rotatable bonds is 4. The molecule has 0 saturated heterocycles. The van der Waals surface area contributed by atoms with Gasteiger partial charge in [-0.15, -0.1) is 0 Å². The number of hydrogen-bond donors (Lipinski definition) is 1. The van der Waals surface area contributed by atoms with Crippen molar-refractivity contribution in [2.24, 2.45) is 0 Å². The maximum absolute atomic E-state index is 10.6. The highest BCUT2D eigenvalue weighted by Gasteiger charge is 2.19. The van der Waals surface area contributed by atoms with E-state index in [1.54, 1.807) is 6.33 Å². The van der Waals surface area contributed by atoms with Crippen molar-refractivity contribution in [2.75, 3.05) is 0 Å². The molecule has 1 N–H and O–H groups in total. The fourth-order valence-electron chi connectivity index (χ4n) is 2.68. The maximum Gasteiger partial charge on any atom is 0.0994 e. The summed E-state index contributed by atoms with van der Waals surface area (Å²) >= 11 is 0. The Bertz CT molecular complexity index is 730. The molecule has 0 fully saturated rings. The zero-order chi connectivity index (χ0) is 14.8. The summed E-state index contributed by atoms with van der Waals surface area (Å²) in [5.41, 5.74) is 4.23. The normalized spacial score (nSPS) is 14.2. The highest BCUT2D eigenvalue weighted by Crippen LogP contribution is 2.29. The van der Waals surface area contributed by atoms with Gasteiger partial charge in [-0.25, -0.2) is 4.98 Å². The summed E-state index contributed by atoms with van der Waals surface area (Å²) in [4.78, 5) is 4.40. The van der Waals surface area contributed by atoms with Crippen LogP contribution in [0.3, 0.4) is 0 Å². The summed E-state index contributed by atoms with van der Waals surface area (Å²) in [7, 11) is 0. The van der Waals surface area contributed by atoms with E-state index >= 15 is 0 Å². The molecule has 0 radical (unpaired) electrons. The predicted octanol–water partition coefficient (Wildman–Crippen LogP) is 3.89. The van der Waals surface area contributed by atoms with E-state index in [1.807, 2.05) is 47.9 Å². The number of aliphatic hydroxyl groups excluding tert-OH is 1. The summed E-state index contributed by atoms with van der Waals surface area (Å²) in [6, 6.07) is 16.1. The Hall–Kier alpha value is -2.13. The molecule has 0 aliphatic heterocycles. The van der Waals surface area contributed by atoms with Crippen LogP contribution in [-0.2, 0) is 6.42 Å². The Balaban J connectivity index is 1.91. The lowest BCUT2D eigenvalue weighted by Gasteiger charge is -2.21. The number of hydrogen-bond acceptors (Lipinski definition) is 2. The quantitative estimate of drug-likeness (QED) is 0.787. The largest absolute Gasteiger partial charge is 0.386 e. The van der Waals surface area contributed by atoms with Crippen LogP contribution in [0, 0.1) is 0 Å². The van der Waals surface area contributed by atoms with Crippen LogP contribution in [0.15, 0.2) is 54.9 Å². The molecule has 0 bridgehead atoms. The molecule has 0 aliphatic carbocycles. The van der Waals surface area contributed by atoms with Gasteiger partial charge in [0.25, 0.3) is 0 Å². The number of aliphatic hydroxyl groups is 1. The van der Waals surface area contributed by atoms with Crippen molar-refractivity contribution in [1.29, 1.82) is 0 Å². The van der Waals surface area contributed by atoms with Gasteiger partial charge in [-0.3, -0.25) is 0 Å². The number of fused-ring (bicyclic) bond motifs is 1. The lowest BCUT2D eigenvalue weighted by Crippen LogP contribution is -2.14. The van der Waals surface area contributed by atoms with Crippen LogP contribution < -0.4 is 0 Å². The zero-order valence-electron chi connectivity index (χ0n) is 12.4. The van der Waals surface area contributed by atoms with Gasteiger partial charge < -0.3 is 9.67 Å². The van der Waals surface area contributed by atoms with Crippen molar-refractivity contribution >= 4 is 11.0 Å². The first-order valence-corrected chi connectivity index (χ1v) is 7.39. The molecule has 108 valence electrons. The van der Waals surface area contributed by atoms with Crippen LogP contribution >= 0.6 is 0 Å². The third-order valence-corrected chi connectivity index (χ3v) is 4.11. The van der Waals surface area contributed by atoms with Crippen molar-refractivity contribution in [3.05, 3.63) is 66.0 Å². The summed E-state index contributed by atoms with van der Waals surface area (Å²) in [6.45, 7) is 4.15. The van der Waals surface area contributed by atoms with E-state index in [4.69, 9.17) is 0 Å². The first kappa shape index (κ1) is 13.8. The van der Waals surface area contributed by atoms with Gasteiger partial charge in [0.1, 0.15) is 0 Å².